The number of ether oxygens (including phenoxy) is 1. The molecule has 3 heteroatoms. The van der Waals surface area contributed by atoms with Crippen molar-refractivity contribution in [2.24, 2.45) is 0 Å². The number of rotatable bonds is 6. The van der Waals surface area contributed by atoms with Crippen LogP contribution in [0.2, 0.25) is 0 Å². The van der Waals surface area contributed by atoms with E-state index in [1.165, 1.54) is 0 Å². The molecule has 62 valence electrons. The van der Waals surface area contributed by atoms with E-state index in [4.69, 9.17) is 21.4 Å². The lowest BCUT2D eigenvalue weighted by atomic mass is 10.2. The van der Waals surface area contributed by atoms with Gasteiger partial charge in [-0.3, -0.25) is 0 Å². The molecule has 0 bridgehead atoms. The molecule has 10 heavy (non-hydrogen) atoms. The van der Waals surface area contributed by atoms with Gasteiger partial charge in [0.25, 0.3) is 0 Å². The van der Waals surface area contributed by atoms with Crippen LogP contribution in [-0.4, -0.2) is 30.3 Å². The van der Waals surface area contributed by atoms with Gasteiger partial charge in [0.2, 0.25) is 0 Å². The maximum atomic E-state index is 9.13. The molecule has 0 saturated carbocycles. The highest BCUT2D eigenvalue weighted by molar-refractivity contribution is 6.17. The normalized spacial score (nSPS) is 13.5. The first-order valence-corrected chi connectivity index (χ1v) is 4.16. The largest absolute Gasteiger partial charge is 0.391 e. The molecule has 2 nitrogen and oxygen atoms in total. The van der Waals surface area contributed by atoms with Gasteiger partial charge in [0.05, 0.1) is 12.7 Å². The first kappa shape index (κ1) is 10.2. The van der Waals surface area contributed by atoms with Crippen molar-refractivity contribution in [2.45, 2.75) is 25.9 Å². The number of hydrogen-bond donors (Lipinski definition) is 1. The molecule has 0 aromatic heterocycles. The van der Waals surface area contributed by atoms with Crippen molar-refractivity contribution in [2.75, 3.05) is 19.1 Å². The fourth-order valence-corrected chi connectivity index (χ4v) is 0.804. The Kier molecular flexibility index (Phi) is 7.47. The summed E-state index contributed by atoms with van der Waals surface area (Å²) in [4.78, 5) is 0. The molecule has 0 saturated heterocycles. The van der Waals surface area contributed by atoms with E-state index in [1.54, 1.807) is 0 Å². The Labute approximate surface area is 67.1 Å². The van der Waals surface area contributed by atoms with Crippen LogP contribution in [0.3, 0.4) is 0 Å². The molecule has 1 unspecified atom stereocenters. The third-order valence-corrected chi connectivity index (χ3v) is 1.45. The van der Waals surface area contributed by atoms with Crippen molar-refractivity contribution in [1.29, 1.82) is 0 Å². The molecule has 0 spiro atoms. The van der Waals surface area contributed by atoms with E-state index < -0.39 is 0 Å². The van der Waals surface area contributed by atoms with E-state index in [2.05, 4.69) is 0 Å². The van der Waals surface area contributed by atoms with Gasteiger partial charge in [0, 0.05) is 12.5 Å². The predicted molar refractivity (Wildman–Crippen MR) is 42.5 cm³/mol. The van der Waals surface area contributed by atoms with Crippen LogP contribution in [0.15, 0.2) is 0 Å². The van der Waals surface area contributed by atoms with E-state index >= 15 is 0 Å². The molecular weight excluding hydrogens is 152 g/mol. The number of hydrogen-bond acceptors (Lipinski definition) is 2. The highest BCUT2D eigenvalue weighted by Crippen LogP contribution is 1.98. The Balaban J connectivity index is 3.00. The van der Waals surface area contributed by atoms with Gasteiger partial charge >= 0.3 is 0 Å². The highest BCUT2D eigenvalue weighted by atomic mass is 35.5. The maximum Gasteiger partial charge on any atom is 0.0774 e. The standard InChI is InChI=1S/C7H15ClO2/c1-2-10-6-7(9)4-3-5-8/h7,9H,2-6H2,1H3. The van der Waals surface area contributed by atoms with Crippen LogP contribution in [-0.2, 0) is 4.74 Å². The predicted octanol–water partition coefficient (Wildman–Crippen LogP) is 1.40. The number of halogens is 1. The monoisotopic (exact) mass is 166 g/mol. The van der Waals surface area contributed by atoms with Gasteiger partial charge in [0.15, 0.2) is 0 Å². The zero-order valence-electron chi connectivity index (χ0n) is 6.35. The van der Waals surface area contributed by atoms with Crippen LogP contribution in [0.5, 0.6) is 0 Å². The second kappa shape index (κ2) is 7.32. The Morgan fingerprint density at radius 1 is 1.60 bits per heavy atom. The van der Waals surface area contributed by atoms with E-state index in [0.29, 0.717) is 19.1 Å². The van der Waals surface area contributed by atoms with Crippen LogP contribution in [0, 0.1) is 0 Å². The van der Waals surface area contributed by atoms with Crippen LogP contribution in [0.1, 0.15) is 19.8 Å². The van der Waals surface area contributed by atoms with Crippen molar-refractivity contribution in [3.63, 3.8) is 0 Å². The molecule has 0 aliphatic carbocycles. The van der Waals surface area contributed by atoms with Gasteiger partial charge in [0.1, 0.15) is 0 Å². The van der Waals surface area contributed by atoms with Crippen LogP contribution >= 0.6 is 11.6 Å². The third-order valence-electron chi connectivity index (χ3n) is 1.19. The van der Waals surface area contributed by atoms with Crippen LogP contribution in [0.4, 0.5) is 0 Å². The summed E-state index contributed by atoms with van der Waals surface area (Å²) in [7, 11) is 0. The second-order valence-corrected chi connectivity index (χ2v) is 2.52. The lowest BCUT2D eigenvalue weighted by Crippen LogP contribution is -2.14. The van der Waals surface area contributed by atoms with Crippen molar-refractivity contribution in [1.82, 2.24) is 0 Å². The summed E-state index contributed by atoms with van der Waals surface area (Å²) in [5.41, 5.74) is 0. The third kappa shape index (κ3) is 6.33. The topological polar surface area (TPSA) is 29.5 Å². The molecule has 0 rings (SSSR count). The number of aliphatic hydroxyl groups is 1. The summed E-state index contributed by atoms with van der Waals surface area (Å²) >= 11 is 5.43. The highest BCUT2D eigenvalue weighted by Gasteiger charge is 2.01. The van der Waals surface area contributed by atoms with Gasteiger partial charge in [-0.1, -0.05) is 0 Å². The lowest BCUT2D eigenvalue weighted by molar-refractivity contribution is 0.0380. The molecule has 0 aromatic carbocycles. The zero-order valence-corrected chi connectivity index (χ0v) is 7.10. The summed E-state index contributed by atoms with van der Waals surface area (Å²) in [6.07, 6.45) is 1.26. The zero-order chi connectivity index (χ0) is 7.82. The van der Waals surface area contributed by atoms with Gasteiger partial charge in [-0.15, -0.1) is 11.6 Å². The van der Waals surface area contributed by atoms with Crippen LogP contribution < -0.4 is 0 Å². The quantitative estimate of drug-likeness (QED) is 0.605. The van der Waals surface area contributed by atoms with E-state index in [9.17, 15) is 0 Å². The van der Waals surface area contributed by atoms with Gasteiger partial charge in [-0.2, -0.15) is 0 Å². The molecule has 1 atom stereocenters. The first-order valence-electron chi connectivity index (χ1n) is 3.63. The van der Waals surface area contributed by atoms with Crippen molar-refractivity contribution in [3.8, 4) is 0 Å². The average Bonchev–Trinajstić information content (AvgIpc) is 1.97. The molecule has 1 N–H and O–H groups in total. The molecule has 0 radical (unpaired) electrons. The molecule has 0 amide bonds. The van der Waals surface area contributed by atoms with Crippen molar-refractivity contribution in [3.05, 3.63) is 0 Å². The number of aliphatic hydroxyl groups excluding tert-OH is 1. The molecule has 0 heterocycles. The Bertz CT molecular complexity index is 60.6. The van der Waals surface area contributed by atoms with Crippen molar-refractivity contribution < 1.29 is 9.84 Å². The van der Waals surface area contributed by atoms with E-state index in [1.807, 2.05) is 6.92 Å². The summed E-state index contributed by atoms with van der Waals surface area (Å²) in [6.45, 7) is 3.01. The van der Waals surface area contributed by atoms with E-state index in [-0.39, 0.29) is 6.10 Å². The average molecular weight is 167 g/mol. The molecule has 0 fully saturated rings. The SMILES string of the molecule is CCOCC(O)CCCCl. The second-order valence-electron chi connectivity index (χ2n) is 2.14. The van der Waals surface area contributed by atoms with Gasteiger partial charge < -0.3 is 9.84 Å². The molecule has 0 aliphatic heterocycles. The Morgan fingerprint density at radius 2 is 2.30 bits per heavy atom. The van der Waals surface area contributed by atoms with E-state index in [0.717, 1.165) is 12.8 Å². The van der Waals surface area contributed by atoms with Crippen LogP contribution in [0.25, 0.3) is 0 Å². The first-order chi connectivity index (χ1) is 4.81. The Morgan fingerprint density at radius 3 is 2.80 bits per heavy atom. The molecular formula is C7H15ClO2. The minimum atomic E-state index is -0.335. The fourth-order valence-electron chi connectivity index (χ4n) is 0.650. The minimum absolute atomic E-state index is 0.335. The summed E-state index contributed by atoms with van der Waals surface area (Å²) in [5, 5.41) is 9.13. The van der Waals surface area contributed by atoms with Crippen molar-refractivity contribution >= 4 is 11.6 Å². The summed E-state index contributed by atoms with van der Waals surface area (Å²) in [5.74, 6) is 0.614. The lowest BCUT2D eigenvalue weighted by Gasteiger charge is -2.08. The maximum absolute atomic E-state index is 9.13. The number of alkyl halides is 1. The van der Waals surface area contributed by atoms with Gasteiger partial charge in [-0.25, -0.2) is 0 Å². The summed E-state index contributed by atoms with van der Waals surface area (Å²) in [6, 6.07) is 0. The van der Waals surface area contributed by atoms with Gasteiger partial charge in [-0.05, 0) is 19.8 Å². The minimum Gasteiger partial charge on any atom is -0.391 e. The molecule has 0 aliphatic rings. The summed E-state index contributed by atoms with van der Waals surface area (Å²) < 4.78 is 5.00. The fraction of sp³-hybridized carbons (Fsp3) is 1.00. The molecule has 0 aromatic rings. The smallest absolute Gasteiger partial charge is 0.0774 e. The Hall–Kier alpha value is 0.210.